The molecule has 0 saturated carbocycles. The van der Waals surface area contributed by atoms with Gasteiger partial charge in [0, 0.05) is 12.3 Å². The lowest BCUT2D eigenvalue weighted by atomic mass is 10.1. The number of thioether (sulfide) groups is 1. The Morgan fingerprint density at radius 2 is 1.95 bits per heavy atom. The summed E-state index contributed by atoms with van der Waals surface area (Å²) in [5.41, 5.74) is -0.822. The highest BCUT2D eigenvalue weighted by Crippen LogP contribution is 2.35. The molecule has 1 aromatic carbocycles. The number of hydrogen-bond acceptors (Lipinski definition) is 3. The summed E-state index contributed by atoms with van der Waals surface area (Å²) in [6.07, 6.45) is -2.68. The summed E-state index contributed by atoms with van der Waals surface area (Å²) in [7, 11) is 0. The standard InChI is InChI=1S/C12H10F3NO2S/c1-19-5-4-16-9-3-2-7(12(13,14)15)6-8(9)10(17)11(16)18/h2-3,6H,4-5H2,1H3. The van der Waals surface area contributed by atoms with Gasteiger partial charge in [-0.2, -0.15) is 24.9 Å². The molecule has 0 N–H and O–H groups in total. The Morgan fingerprint density at radius 1 is 1.26 bits per heavy atom. The normalized spacial score (nSPS) is 15.1. The number of amides is 1. The smallest absolute Gasteiger partial charge is 0.304 e. The second-order valence-electron chi connectivity index (χ2n) is 4.01. The van der Waals surface area contributed by atoms with Gasteiger partial charge in [-0.15, -0.1) is 0 Å². The zero-order chi connectivity index (χ0) is 14.2. The van der Waals surface area contributed by atoms with Gasteiger partial charge < -0.3 is 4.90 Å². The zero-order valence-corrected chi connectivity index (χ0v) is 10.8. The predicted octanol–water partition coefficient (Wildman–Crippen LogP) is 2.60. The Labute approximate surface area is 111 Å². The van der Waals surface area contributed by atoms with Crippen molar-refractivity contribution in [3.63, 3.8) is 0 Å². The second kappa shape index (κ2) is 4.88. The molecule has 0 unspecified atom stereocenters. The summed E-state index contributed by atoms with van der Waals surface area (Å²) in [6.45, 7) is 0.310. The van der Waals surface area contributed by atoms with Crippen LogP contribution in [0, 0.1) is 0 Å². The number of halogens is 3. The SMILES string of the molecule is CSCCN1C(=O)C(=O)c2cc(C(F)(F)F)ccc21. The van der Waals surface area contributed by atoms with Crippen molar-refractivity contribution in [2.45, 2.75) is 6.18 Å². The Bertz CT molecular complexity index is 542. The number of carbonyl (C=O) groups is 2. The third kappa shape index (κ3) is 2.47. The molecule has 0 saturated heterocycles. The fraction of sp³-hybridized carbons (Fsp3) is 0.333. The number of anilines is 1. The highest BCUT2D eigenvalue weighted by atomic mass is 32.2. The molecule has 0 spiro atoms. The molecule has 3 nitrogen and oxygen atoms in total. The molecule has 0 fully saturated rings. The predicted molar refractivity (Wildman–Crippen MR) is 66.5 cm³/mol. The molecule has 19 heavy (non-hydrogen) atoms. The van der Waals surface area contributed by atoms with Gasteiger partial charge >= 0.3 is 6.18 Å². The molecule has 1 aliphatic heterocycles. The number of alkyl halides is 3. The maximum absolute atomic E-state index is 12.6. The van der Waals surface area contributed by atoms with Crippen LogP contribution in [0.15, 0.2) is 18.2 Å². The average molecular weight is 289 g/mol. The van der Waals surface area contributed by atoms with E-state index in [1.54, 1.807) is 0 Å². The Balaban J connectivity index is 2.41. The van der Waals surface area contributed by atoms with Crippen LogP contribution in [0.3, 0.4) is 0 Å². The highest BCUT2D eigenvalue weighted by Gasteiger charge is 2.38. The number of Topliss-reactive ketones (excluding diaryl/α,β-unsaturated/α-hetero) is 1. The lowest BCUT2D eigenvalue weighted by molar-refractivity contribution is -0.137. The van der Waals surface area contributed by atoms with E-state index in [4.69, 9.17) is 0 Å². The Morgan fingerprint density at radius 3 is 2.53 bits per heavy atom. The van der Waals surface area contributed by atoms with Crippen molar-refractivity contribution in [3.05, 3.63) is 29.3 Å². The molecule has 0 atom stereocenters. The van der Waals surface area contributed by atoms with Crippen molar-refractivity contribution in [1.29, 1.82) is 0 Å². The molecule has 1 aromatic rings. The summed E-state index contributed by atoms with van der Waals surface area (Å²) in [5.74, 6) is -1.02. The monoisotopic (exact) mass is 289 g/mol. The van der Waals surface area contributed by atoms with Crippen LogP contribution in [0.2, 0.25) is 0 Å². The van der Waals surface area contributed by atoms with Crippen LogP contribution >= 0.6 is 11.8 Å². The van der Waals surface area contributed by atoms with Gasteiger partial charge in [0.15, 0.2) is 0 Å². The zero-order valence-electron chi connectivity index (χ0n) is 9.95. The molecular formula is C12H10F3NO2S. The fourth-order valence-electron chi connectivity index (χ4n) is 1.88. The van der Waals surface area contributed by atoms with Crippen LogP contribution in [-0.2, 0) is 11.0 Å². The van der Waals surface area contributed by atoms with Gasteiger partial charge in [-0.1, -0.05) is 0 Å². The van der Waals surface area contributed by atoms with Crippen LogP contribution in [0.25, 0.3) is 0 Å². The number of hydrogen-bond donors (Lipinski definition) is 0. The van der Waals surface area contributed by atoms with Crippen molar-refractivity contribution >= 4 is 29.1 Å². The first kappa shape index (κ1) is 13.9. The molecule has 7 heteroatoms. The van der Waals surface area contributed by atoms with Crippen molar-refractivity contribution in [2.24, 2.45) is 0 Å². The average Bonchev–Trinajstić information content (AvgIpc) is 2.59. The van der Waals surface area contributed by atoms with Gasteiger partial charge in [0.25, 0.3) is 11.7 Å². The summed E-state index contributed by atoms with van der Waals surface area (Å²) < 4.78 is 37.7. The number of fused-ring (bicyclic) bond motifs is 1. The van der Waals surface area contributed by atoms with E-state index in [2.05, 4.69) is 0 Å². The van der Waals surface area contributed by atoms with Crippen molar-refractivity contribution in [1.82, 2.24) is 0 Å². The maximum Gasteiger partial charge on any atom is 0.416 e. The molecule has 2 rings (SSSR count). The fourth-order valence-corrected chi connectivity index (χ4v) is 2.25. The van der Waals surface area contributed by atoms with E-state index in [0.717, 1.165) is 12.1 Å². The van der Waals surface area contributed by atoms with E-state index >= 15 is 0 Å². The lowest BCUT2D eigenvalue weighted by Gasteiger charge is -2.16. The minimum atomic E-state index is -4.52. The molecule has 0 aliphatic carbocycles. The largest absolute Gasteiger partial charge is 0.416 e. The van der Waals surface area contributed by atoms with Crippen LogP contribution in [0.1, 0.15) is 15.9 Å². The molecule has 102 valence electrons. The van der Waals surface area contributed by atoms with Gasteiger partial charge in [-0.05, 0) is 24.5 Å². The van der Waals surface area contributed by atoms with E-state index in [1.807, 2.05) is 6.26 Å². The highest BCUT2D eigenvalue weighted by molar-refractivity contribution is 7.98. The number of nitrogens with zero attached hydrogens (tertiary/aromatic N) is 1. The van der Waals surface area contributed by atoms with Crippen LogP contribution in [0.5, 0.6) is 0 Å². The third-order valence-electron chi connectivity index (χ3n) is 2.82. The van der Waals surface area contributed by atoms with Crippen LogP contribution in [-0.4, -0.2) is 30.2 Å². The molecule has 0 bridgehead atoms. The van der Waals surface area contributed by atoms with Crippen molar-refractivity contribution in [2.75, 3.05) is 23.5 Å². The first-order valence-corrected chi connectivity index (χ1v) is 6.82. The van der Waals surface area contributed by atoms with E-state index in [0.29, 0.717) is 12.3 Å². The molecular weight excluding hydrogens is 279 g/mol. The minimum absolute atomic E-state index is 0.166. The van der Waals surface area contributed by atoms with Gasteiger partial charge in [0.1, 0.15) is 0 Å². The van der Waals surface area contributed by atoms with E-state index in [9.17, 15) is 22.8 Å². The Kier molecular flexibility index (Phi) is 3.58. The number of ketones is 1. The van der Waals surface area contributed by atoms with E-state index in [-0.39, 0.29) is 11.3 Å². The van der Waals surface area contributed by atoms with Crippen LogP contribution in [0.4, 0.5) is 18.9 Å². The van der Waals surface area contributed by atoms with Gasteiger partial charge in [0.05, 0.1) is 16.8 Å². The molecule has 0 aromatic heterocycles. The molecule has 1 aliphatic rings. The second-order valence-corrected chi connectivity index (χ2v) is 4.99. The number of benzene rings is 1. The summed E-state index contributed by atoms with van der Waals surface area (Å²) >= 11 is 1.49. The molecule has 1 heterocycles. The Hall–Kier alpha value is -1.50. The topological polar surface area (TPSA) is 37.4 Å². The van der Waals surface area contributed by atoms with E-state index in [1.165, 1.54) is 22.7 Å². The maximum atomic E-state index is 12.6. The van der Waals surface area contributed by atoms with Gasteiger partial charge in [-0.3, -0.25) is 9.59 Å². The first-order valence-electron chi connectivity index (χ1n) is 5.42. The number of rotatable bonds is 3. The first-order chi connectivity index (χ1) is 8.86. The minimum Gasteiger partial charge on any atom is -0.304 e. The van der Waals surface area contributed by atoms with Crippen molar-refractivity contribution in [3.8, 4) is 0 Å². The number of carbonyl (C=O) groups excluding carboxylic acids is 2. The summed E-state index contributed by atoms with van der Waals surface area (Å²) in [4.78, 5) is 24.6. The van der Waals surface area contributed by atoms with Gasteiger partial charge in [0.2, 0.25) is 0 Å². The third-order valence-corrected chi connectivity index (χ3v) is 3.41. The van der Waals surface area contributed by atoms with Gasteiger partial charge in [-0.25, -0.2) is 0 Å². The lowest BCUT2D eigenvalue weighted by Crippen LogP contribution is -2.31. The summed E-state index contributed by atoms with van der Waals surface area (Å²) in [6, 6.07) is 2.81. The molecule has 1 amide bonds. The van der Waals surface area contributed by atoms with E-state index < -0.39 is 23.4 Å². The van der Waals surface area contributed by atoms with Crippen LogP contribution < -0.4 is 4.90 Å². The molecule has 0 radical (unpaired) electrons. The van der Waals surface area contributed by atoms with Crippen molar-refractivity contribution < 1.29 is 22.8 Å². The summed E-state index contributed by atoms with van der Waals surface area (Å²) in [5, 5.41) is 0. The quantitative estimate of drug-likeness (QED) is 0.803.